The second-order valence-corrected chi connectivity index (χ2v) is 6.16. The molecular weight excluding hydrogens is 264 g/mol. The molecule has 0 bridgehead atoms. The second-order valence-electron chi connectivity index (χ2n) is 3.77. The molecular formula is C10H23ClN2O3S. The molecule has 0 saturated heterocycles. The van der Waals surface area contributed by atoms with E-state index in [4.69, 9.17) is 5.73 Å². The first kappa shape index (κ1) is 19.0. The molecule has 7 heteroatoms. The van der Waals surface area contributed by atoms with Gasteiger partial charge in [0.05, 0.1) is 5.75 Å². The molecule has 0 radical (unpaired) electrons. The molecule has 1 atom stereocenters. The summed E-state index contributed by atoms with van der Waals surface area (Å²) in [4.78, 5) is 13.2. The van der Waals surface area contributed by atoms with Crippen LogP contribution in [0.25, 0.3) is 0 Å². The summed E-state index contributed by atoms with van der Waals surface area (Å²) in [5.41, 5.74) is 5.31. The number of carbonyl (C=O) groups excluding carboxylic acids is 1. The van der Waals surface area contributed by atoms with Crippen molar-refractivity contribution in [2.45, 2.75) is 33.2 Å². The van der Waals surface area contributed by atoms with Crippen LogP contribution in [-0.2, 0) is 14.6 Å². The maximum absolute atomic E-state index is 11.6. The highest BCUT2D eigenvalue weighted by Gasteiger charge is 2.22. The summed E-state index contributed by atoms with van der Waals surface area (Å²) in [6, 6.07) is -0.283. The predicted molar refractivity (Wildman–Crippen MR) is 72.1 cm³/mol. The minimum Gasteiger partial charge on any atom is -0.339 e. The zero-order chi connectivity index (χ0) is 12.8. The fourth-order valence-corrected chi connectivity index (χ4v) is 2.73. The van der Waals surface area contributed by atoms with Gasteiger partial charge in [-0.1, -0.05) is 6.92 Å². The third-order valence-corrected chi connectivity index (χ3v) is 4.36. The summed E-state index contributed by atoms with van der Waals surface area (Å²) in [5, 5.41) is 0. The Labute approximate surface area is 110 Å². The molecule has 17 heavy (non-hydrogen) atoms. The third-order valence-electron chi connectivity index (χ3n) is 2.49. The Hall–Kier alpha value is -0.330. The summed E-state index contributed by atoms with van der Waals surface area (Å²) >= 11 is 0. The standard InChI is InChI=1S/C10H22N2O3S.ClH/c1-4-12(10(13)6-7-11)9(3)8-16(14,15)5-2;/h9H,4-8,11H2,1-3H3;1H. The van der Waals surface area contributed by atoms with Crippen LogP contribution < -0.4 is 5.73 Å². The zero-order valence-corrected chi connectivity index (χ0v) is 12.3. The van der Waals surface area contributed by atoms with Gasteiger partial charge in [0.2, 0.25) is 5.91 Å². The Balaban J connectivity index is 0. The van der Waals surface area contributed by atoms with E-state index in [0.717, 1.165) is 0 Å². The Morgan fingerprint density at radius 1 is 1.35 bits per heavy atom. The van der Waals surface area contributed by atoms with Gasteiger partial charge in [0.1, 0.15) is 0 Å². The highest BCUT2D eigenvalue weighted by atomic mass is 35.5. The monoisotopic (exact) mass is 286 g/mol. The highest BCUT2D eigenvalue weighted by molar-refractivity contribution is 7.91. The van der Waals surface area contributed by atoms with Crippen LogP contribution in [0.1, 0.15) is 27.2 Å². The second kappa shape index (κ2) is 8.72. The molecule has 0 heterocycles. The molecule has 1 unspecified atom stereocenters. The van der Waals surface area contributed by atoms with Crippen LogP contribution in [0, 0.1) is 0 Å². The number of amides is 1. The number of nitrogens with two attached hydrogens (primary N) is 1. The van der Waals surface area contributed by atoms with Crippen molar-refractivity contribution in [2.75, 3.05) is 24.6 Å². The largest absolute Gasteiger partial charge is 0.339 e. The van der Waals surface area contributed by atoms with Crippen molar-refractivity contribution in [3.8, 4) is 0 Å². The normalized spacial score (nSPS) is 12.7. The highest BCUT2D eigenvalue weighted by Crippen LogP contribution is 2.05. The van der Waals surface area contributed by atoms with Crippen molar-refractivity contribution >= 4 is 28.2 Å². The van der Waals surface area contributed by atoms with Gasteiger partial charge >= 0.3 is 0 Å². The van der Waals surface area contributed by atoms with Crippen molar-refractivity contribution in [1.82, 2.24) is 4.90 Å². The third kappa shape index (κ3) is 6.85. The van der Waals surface area contributed by atoms with Crippen LogP contribution >= 0.6 is 12.4 Å². The van der Waals surface area contributed by atoms with E-state index in [2.05, 4.69) is 0 Å². The lowest BCUT2D eigenvalue weighted by atomic mass is 10.2. The quantitative estimate of drug-likeness (QED) is 0.736. The van der Waals surface area contributed by atoms with Crippen LogP contribution in [0.2, 0.25) is 0 Å². The first-order valence-corrected chi connectivity index (χ1v) is 7.40. The lowest BCUT2D eigenvalue weighted by Gasteiger charge is -2.27. The van der Waals surface area contributed by atoms with Gasteiger partial charge in [-0.3, -0.25) is 4.79 Å². The zero-order valence-electron chi connectivity index (χ0n) is 10.7. The molecule has 5 nitrogen and oxygen atoms in total. The fraction of sp³-hybridized carbons (Fsp3) is 0.900. The van der Waals surface area contributed by atoms with Crippen molar-refractivity contribution in [3.63, 3.8) is 0 Å². The van der Waals surface area contributed by atoms with E-state index in [1.165, 1.54) is 0 Å². The smallest absolute Gasteiger partial charge is 0.224 e. The van der Waals surface area contributed by atoms with E-state index in [-0.39, 0.29) is 42.3 Å². The fourth-order valence-electron chi connectivity index (χ4n) is 1.58. The number of nitrogens with zero attached hydrogens (tertiary/aromatic N) is 1. The molecule has 0 aromatic heterocycles. The van der Waals surface area contributed by atoms with E-state index in [9.17, 15) is 13.2 Å². The molecule has 0 aliphatic heterocycles. The average Bonchev–Trinajstić information content (AvgIpc) is 2.18. The summed E-state index contributed by atoms with van der Waals surface area (Å²) < 4.78 is 22.9. The number of halogens is 1. The molecule has 0 saturated carbocycles. The number of rotatable bonds is 7. The van der Waals surface area contributed by atoms with Crippen LogP contribution in [0.15, 0.2) is 0 Å². The predicted octanol–water partition coefficient (Wildman–Crippen LogP) is 0.429. The Morgan fingerprint density at radius 3 is 2.24 bits per heavy atom. The summed E-state index contributed by atoms with van der Waals surface area (Å²) in [7, 11) is -3.05. The summed E-state index contributed by atoms with van der Waals surface area (Å²) in [5.74, 6) is 0.0528. The Morgan fingerprint density at radius 2 is 1.88 bits per heavy atom. The van der Waals surface area contributed by atoms with Crippen LogP contribution in [-0.4, -0.2) is 49.9 Å². The van der Waals surface area contributed by atoms with E-state index < -0.39 is 9.84 Å². The van der Waals surface area contributed by atoms with E-state index in [1.54, 1.807) is 18.7 Å². The van der Waals surface area contributed by atoms with Crippen LogP contribution in [0.4, 0.5) is 0 Å². The maximum Gasteiger partial charge on any atom is 0.224 e. The van der Waals surface area contributed by atoms with E-state index in [0.29, 0.717) is 13.1 Å². The molecule has 2 N–H and O–H groups in total. The van der Waals surface area contributed by atoms with Gasteiger partial charge in [-0.15, -0.1) is 12.4 Å². The van der Waals surface area contributed by atoms with Gasteiger partial charge in [0.15, 0.2) is 9.84 Å². The molecule has 0 rings (SSSR count). The first-order chi connectivity index (χ1) is 7.37. The molecule has 0 aliphatic rings. The average molecular weight is 287 g/mol. The molecule has 0 aromatic carbocycles. The number of hydrogen-bond acceptors (Lipinski definition) is 4. The van der Waals surface area contributed by atoms with Crippen molar-refractivity contribution in [2.24, 2.45) is 5.73 Å². The molecule has 1 amide bonds. The summed E-state index contributed by atoms with van der Waals surface area (Å²) in [6.45, 7) is 6.01. The minimum atomic E-state index is -3.05. The molecule has 0 aromatic rings. The number of hydrogen-bond donors (Lipinski definition) is 1. The molecule has 0 fully saturated rings. The van der Waals surface area contributed by atoms with Gasteiger partial charge in [-0.2, -0.15) is 0 Å². The van der Waals surface area contributed by atoms with Crippen LogP contribution in [0.5, 0.6) is 0 Å². The van der Waals surface area contributed by atoms with Gasteiger partial charge < -0.3 is 10.6 Å². The summed E-state index contributed by atoms with van der Waals surface area (Å²) in [6.07, 6.45) is 0.268. The van der Waals surface area contributed by atoms with Gasteiger partial charge in [0.25, 0.3) is 0 Å². The van der Waals surface area contributed by atoms with Crippen molar-refractivity contribution in [1.29, 1.82) is 0 Å². The Bertz CT molecular complexity index is 320. The molecule has 0 spiro atoms. The SMILES string of the molecule is CCN(C(=O)CCN)C(C)CS(=O)(=O)CC.Cl. The minimum absolute atomic E-state index is 0. The number of sulfone groups is 1. The van der Waals surface area contributed by atoms with Crippen molar-refractivity contribution < 1.29 is 13.2 Å². The maximum atomic E-state index is 11.6. The van der Waals surface area contributed by atoms with Crippen molar-refractivity contribution in [3.05, 3.63) is 0 Å². The van der Waals surface area contributed by atoms with Crippen LogP contribution in [0.3, 0.4) is 0 Å². The van der Waals surface area contributed by atoms with E-state index in [1.807, 2.05) is 6.92 Å². The lowest BCUT2D eigenvalue weighted by Crippen LogP contribution is -2.43. The molecule has 104 valence electrons. The Kier molecular flexibility index (Phi) is 9.75. The van der Waals surface area contributed by atoms with Gasteiger partial charge in [-0.25, -0.2) is 8.42 Å². The molecule has 0 aliphatic carbocycles. The number of carbonyl (C=O) groups is 1. The van der Waals surface area contributed by atoms with E-state index >= 15 is 0 Å². The van der Waals surface area contributed by atoms with Gasteiger partial charge in [0, 0.05) is 31.3 Å². The topological polar surface area (TPSA) is 80.5 Å². The first-order valence-electron chi connectivity index (χ1n) is 5.57. The lowest BCUT2D eigenvalue weighted by molar-refractivity contribution is -0.132. The van der Waals surface area contributed by atoms with Gasteiger partial charge in [-0.05, 0) is 13.8 Å².